The summed E-state index contributed by atoms with van der Waals surface area (Å²) in [4.78, 5) is 29.1. The number of carbonyl (C=O) groups excluding carboxylic acids is 2. The van der Waals surface area contributed by atoms with Crippen LogP contribution in [-0.2, 0) is 9.53 Å². The molecule has 2 amide bonds. The summed E-state index contributed by atoms with van der Waals surface area (Å²) in [6, 6.07) is 2.84. The Morgan fingerprint density at radius 1 is 1.12 bits per heavy atom. The van der Waals surface area contributed by atoms with E-state index in [0.717, 1.165) is 12.0 Å². The number of hydrogen-bond donors (Lipinski definition) is 0. The molecule has 1 unspecified atom stereocenters. The average molecular weight is 371 g/mol. The Kier molecular flexibility index (Phi) is 5.33. The Labute approximate surface area is 151 Å². The Morgan fingerprint density at radius 2 is 1.75 bits per heavy atom. The molecular formula is C17H20Cl2N2O3. The van der Waals surface area contributed by atoms with E-state index in [-0.39, 0.29) is 11.8 Å². The third-order valence-electron chi connectivity index (χ3n) is 4.65. The molecule has 0 aromatic heterocycles. The van der Waals surface area contributed by atoms with Gasteiger partial charge in [0.05, 0.1) is 13.2 Å². The van der Waals surface area contributed by atoms with Gasteiger partial charge in [-0.3, -0.25) is 9.59 Å². The summed E-state index contributed by atoms with van der Waals surface area (Å²) >= 11 is 12.3. The summed E-state index contributed by atoms with van der Waals surface area (Å²) in [5.74, 6) is -0.184. The van der Waals surface area contributed by atoms with Gasteiger partial charge < -0.3 is 14.5 Å². The highest BCUT2D eigenvalue weighted by atomic mass is 35.5. The van der Waals surface area contributed by atoms with E-state index in [4.69, 9.17) is 27.9 Å². The van der Waals surface area contributed by atoms with Crippen LogP contribution in [0, 0.1) is 6.92 Å². The first-order valence-corrected chi connectivity index (χ1v) is 8.88. The van der Waals surface area contributed by atoms with E-state index in [1.165, 1.54) is 0 Å². The van der Waals surface area contributed by atoms with Crippen molar-refractivity contribution >= 4 is 35.0 Å². The number of likely N-dealkylation sites (tertiary alicyclic amines) is 1. The van der Waals surface area contributed by atoms with Gasteiger partial charge in [0.15, 0.2) is 0 Å². The third kappa shape index (κ3) is 3.39. The van der Waals surface area contributed by atoms with Gasteiger partial charge in [0.25, 0.3) is 5.91 Å². The number of nitrogens with zero attached hydrogens (tertiary/aromatic N) is 2. The molecule has 2 aliphatic heterocycles. The van der Waals surface area contributed by atoms with Crippen LogP contribution in [0.15, 0.2) is 12.1 Å². The predicted octanol–water partition coefficient (Wildman–Crippen LogP) is 2.77. The van der Waals surface area contributed by atoms with Crippen LogP contribution in [0.2, 0.25) is 10.0 Å². The summed E-state index contributed by atoms with van der Waals surface area (Å²) in [5, 5.41) is 0.919. The van der Waals surface area contributed by atoms with Gasteiger partial charge in [0.2, 0.25) is 5.91 Å². The molecule has 2 aliphatic rings. The number of amides is 2. The molecule has 1 aromatic carbocycles. The fourth-order valence-corrected chi connectivity index (χ4v) is 3.68. The molecule has 1 aromatic rings. The summed E-state index contributed by atoms with van der Waals surface area (Å²) in [6.07, 6.45) is 1.51. The number of halogens is 2. The maximum absolute atomic E-state index is 12.9. The van der Waals surface area contributed by atoms with Gasteiger partial charge in [-0.1, -0.05) is 23.2 Å². The van der Waals surface area contributed by atoms with Crippen molar-refractivity contribution in [3.63, 3.8) is 0 Å². The van der Waals surface area contributed by atoms with Crippen LogP contribution in [0.1, 0.15) is 28.8 Å². The normalized spacial score (nSPS) is 21.2. The molecule has 0 aliphatic carbocycles. The van der Waals surface area contributed by atoms with E-state index >= 15 is 0 Å². The summed E-state index contributed by atoms with van der Waals surface area (Å²) in [6.45, 7) is 4.65. The van der Waals surface area contributed by atoms with Crippen LogP contribution < -0.4 is 0 Å². The van der Waals surface area contributed by atoms with Crippen molar-refractivity contribution in [2.75, 3.05) is 32.8 Å². The minimum absolute atomic E-state index is 0.00783. The van der Waals surface area contributed by atoms with Gasteiger partial charge in [-0.25, -0.2) is 0 Å². The average Bonchev–Trinajstić information content (AvgIpc) is 3.08. The van der Waals surface area contributed by atoms with Gasteiger partial charge in [0.1, 0.15) is 6.04 Å². The van der Waals surface area contributed by atoms with E-state index < -0.39 is 6.04 Å². The second kappa shape index (κ2) is 7.30. The van der Waals surface area contributed by atoms with Crippen LogP contribution in [-0.4, -0.2) is 60.5 Å². The summed E-state index contributed by atoms with van der Waals surface area (Å²) in [5.41, 5.74) is 1.18. The topological polar surface area (TPSA) is 49.9 Å². The molecule has 0 radical (unpaired) electrons. The molecular weight excluding hydrogens is 351 g/mol. The number of ether oxygens (including phenoxy) is 1. The second-order valence-corrected chi connectivity index (χ2v) is 6.97. The second-order valence-electron chi connectivity index (χ2n) is 6.16. The lowest BCUT2D eigenvalue weighted by Crippen LogP contribution is -2.51. The Morgan fingerprint density at radius 3 is 2.38 bits per heavy atom. The van der Waals surface area contributed by atoms with E-state index in [1.54, 1.807) is 28.9 Å². The number of morpholine rings is 1. The van der Waals surface area contributed by atoms with Crippen molar-refractivity contribution in [3.8, 4) is 0 Å². The van der Waals surface area contributed by atoms with Crippen molar-refractivity contribution in [1.29, 1.82) is 0 Å². The number of hydrogen-bond acceptors (Lipinski definition) is 3. The van der Waals surface area contributed by atoms with Crippen LogP contribution in [0.4, 0.5) is 0 Å². The van der Waals surface area contributed by atoms with Gasteiger partial charge in [-0.2, -0.15) is 0 Å². The highest BCUT2D eigenvalue weighted by molar-refractivity contribution is 6.36. The molecule has 0 N–H and O–H groups in total. The number of benzene rings is 1. The van der Waals surface area contributed by atoms with Gasteiger partial charge in [-0.15, -0.1) is 0 Å². The standard InChI is InChI=1S/C17H20Cl2N2O3/c1-11-13(18)9-12(10-14(11)19)16(22)21-4-2-3-15(21)17(23)20-5-7-24-8-6-20/h9-10,15H,2-8H2,1H3. The van der Waals surface area contributed by atoms with Crippen molar-refractivity contribution in [2.45, 2.75) is 25.8 Å². The smallest absolute Gasteiger partial charge is 0.254 e. The molecule has 130 valence electrons. The quantitative estimate of drug-likeness (QED) is 0.803. The first kappa shape index (κ1) is 17.5. The number of rotatable bonds is 2. The van der Waals surface area contributed by atoms with E-state index in [2.05, 4.69) is 0 Å². The monoisotopic (exact) mass is 370 g/mol. The molecule has 0 saturated carbocycles. The maximum atomic E-state index is 12.9. The van der Waals surface area contributed by atoms with E-state index in [1.807, 2.05) is 0 Å². The van der Waals surface area contributed by atoms with Crippen LogP contribution >= 0.6 is 23.2 Å². The minimum atomic E-state index is -0.408. The van der Waals surface area contributed by atoms with Crippen LogP contribution in [0.3, 0.4) is 0 Å². The predicted molar refractivity (Wildman–Crippen MR) is 92.7 cm³/mol. The lowest BCUT2D eigenvalue weighted by Gasteiger charge is -2.32. The first-order chi connectivity index (χ1) is 11.5. The molecule has 3 rings (SSSR count). The zero-order valence-electron chi connectivity index (χ0n) is 13.6. The fraction of sp³-hybridized carbons (Fsp3) is 0.529. The molecule has 0 bridgehead atoms. The summed E-state index contributed by atoms with van der Waals surface area (Å²) < 4.78 is 5.29. The molecule has 24 heavy (non-hydrogen) atoms. The third-order valence-corrected chi connectivity index (χ3v) is 5.43. The van der Waals surface area contributed by atoms with E-state index in [9.17, 15) is 9.59 Å². The van der Waals surface area contributed by atoms with Crippen molar-refractivity contribution in [2.24, 2.45) is 0 Å². The summed E-state index contributed by atoms with van der Waals surface area (Å²) in [7, 11) is 0. The van der Waals surface area contributed by atoms with Crippen molar-refractivity contribution in [1.82, 2.24) is 9.80 Å². The van der Waals surface area contributed by atoms with Crippen molar-refractivity contribution < 1.29 is 14.3 Å². The first-order valence-electron chi connectivity index (χ1n) is 8.12. The van der Waals surface area contributed by atoms with Crippen molar-refractivity contribution in [3.05, 3.63) is 33.3 Å². The Hall–Kier alpha value is -1.30. The lowest BCUT2D eigenvalue weighted by molar-refractivity contribution is -0.139. The zero-order valence-corrected chi connectivity index (χ0v) is 15.1. The highest BCUT2D eigenvalue weighted by Gasteiger charge is 2.37. The van der Waals surface area contributed by atoms with Gasteiger partial charge >= 0.3 is 0 Å². The molecule has 2 fully saturated rings. The SMILES string of the molecule is Cc1c(Cl)cc(C(=O)N2CCCC2C(=O)N2CCOCC2)cc1Cl. The van der Waals surface area contributed by atoms with Gasteiger partial charge in [-0.05, 0) is 37.5 Å². The molecule has 0 spiro atoms. The molecule has 5 nitrogen and oxygen atoms in total. The zero-order chi connectivity index (χ0) is 17.3. The Bertz CT molecular complexity index is 636. The fourth-order valence-electron chi connectivity index (χ4n) is 3.20. The molecule has 2 saturated heterocycles. The largest absolute Gasteiger partial charge is 0.378 e. The van der Waals surface area contributed by atoms with Gasteiger partial charge in [0, 0.05) is 35.2 Å². The Balaban J connectivity index is 1.79. The molecule has 2 heterocycles. The highest BCUT2D eigenvalue weighted by Crippen LogP contribution is 2.28. The maximum Gasteiger partial charge on any atom is 0.254 e. The van der Waals surface area contributed by atoms with Crippen LogP contribution in [0.5, 0.6) is 0 Å². The molecule has 1 atom stereocenters. The number of carbonyl (C=O) groups is 2. The molecule has 7 heteroatoms. The minimum Gasteiger partial charge on any atom is -0.378 e. The lowest BCUT2D eigenvalue weighted by atomic mass is 10.1. The van der Waals surface area contributed by atoms with E-state index in [0.29, 0.717) is 54.9 Å². The van der Waals surface area contributed by atoms with Crippen LogP contribution in [0.25, 0.3) is 0 Å².